The molecule has 0 amide bonds. The standard InChI is InChI=1S/C11H11N5/c1-2-3-10-13-6-7-16(10)11-14-5-4-9(8-12)15-11/h4-7H,2-3H2,1H3. The molecule has 0 saturated heterocycles. The number of aryl methyl sites for hydroxylation is 1. The van der Waals surface area contributed by atoms with Crippen LogP contribution in [0.2, 0.25) is 0 Å². The molecule has 5 nitrogen and oxygen atoms in total. The maximum Gasteiger partial charge on any atom is 0.236 e. The van der Waals surface area contributed by atoms with E-state index >= 15 is 0 Å². The van der Waals surface area contributed by atoms with Crippen LogP contribution in [0.1, 0.15) is 24.9 Å². The van der Waals surface area contributed by atoms with Gasteiger partial charge in [0.1, 0.15) is 17.6 Å². The van der Waals surface area contributed by atoms with Gasteiger partial charge in [-0.1, -0.05) is 6.92 Å². The lowest BCUT2D eigenvalue weighted by Crippen LogP contribution is -2.05. The molecule has 80 valence electrons. The second-order valence-corrected chi connectivity index (χ2v) is 3.32. The predicted molar refractivity (Wildman–Crippen MR) is 57.9 cm³/mol. The molecule has 2 aromatic heterocycles. The van der Waals surface area contributed by atoms with Crippen molar-refractivity contribution >= 4 is 0 Å². The van der Waals surface area contributed by atoms with Crippen LogP contribution in [0.5, 0.6) is 0 Å². The Labute approximate surface area is 93.4 Å². The van der Waals surface area contributed by atoms with E-state index in [0.717, 1.165) is 18.7 Å². The van der Waals surface area contributed by atoms with Gasteiger partial charge in [-0.2, -0.15) is 5.26 Å². The molecule has 0 aliphatic carbocycles. The van der Waals surface area contributed by atoms with E-state index in [9.17, 15) is 0 Å². The van der Waals surface area contributed by atoms with Crippen molar-refractivity contribution in [3.05, 3.63) is 36.2 Å². The topological polar surface area (TPSA) is 67.4 Å². The summed E-state index contributed by atoms with van der Waals surface area (Å²) in [6.07, 6.45) is 6.98. The zero-order valence-corrected chi connectivity index (χ0v) is 8.96. The molecular weight excluding hydrogens is 202 g/mol. The Morgan fingerprint density at radius 2 is 2.25 bits per heavy atom. The van der Waals surface area contributed by atoms with Crippen molar-refractivity contribution in [2.24, 2.45) is 0 Å². The fourth-order valence-electron chi connectivity index (χ4n) is 1.45. The van der Waals surface area contributed by atoms with E-state index in [1.807, 2.05) is 16.8 Å². The third-order valence-corrected chi connectivity index (χ3v) is 2.16. The summed E-state index contributed by atoms with van der Waals surface area (Å²) in [5, 5.41) is 8.77. The van der Waals surface area contributed by atoms with Gasteiger partial charge in [-0.3, -0.25) is 4.57 Å². The van der Waals surface area contributed by atoms with Crippen LogP contribution in [-0.4, -0.2) is 19.5 Å². The third-order valence-electron chi connectivity index (χ3n) is 2.16. The van der Waals surface area contributed by atoms with Crippen LogP contribution in [0.15, 0.2) is 24.7 Å². The highest BCUT2D eigenvalue weighted by Crippen LogP contribution is 2.07. The van der Waals surface area contributed by atoms with Gasteiger partial charge in [-0.05, 0) is 12.5 Å². The van der Waals surface area contributed by atoms with E-state index in [4.69, 9.17) is 5.26 Å². The van der Waals surface area contributed by atoms with Gasteiger partial charge >= 0.3 is 0 Å². The van der Waals surface area contributed by atoms with Gasteiger partial charge in [0.15, 0.2) is 0 Å². The maximum absolute atomic E-state index is 8.77. The van der Waals surface area contributed by atoms with Crippen LogP contribution >= 0.6 is 0 Å². The summed E-state index contributed by atoms with van der Waals surface area (Å²) in [6.45, 7) is 2.09. The van der Waals surface area contributed by atoms with Gasteiger partial charge in [-0.15, -0.1) is 0 Å². The van der Waals surface area contributed by atoms with Crippen LogP contribution in [0.3, 0.4) is 0 Å². The van der Waals surface area contributed by atoms with Crippen molar-refractivity contribution in [2.45, 2.75) is 19.8 Å². The summed E-state index contributed by atoms with van der Waals surface area (Å²) < 4.78 is 1.81. The van der Waals surface area contributed by atoms with Gasteiger partial charge in [0.2, 0.25) is 5.95 Å². The Hall–Kier alpha value is -2.22. The Bertz CT molecular complexity index is 523. The molecule has 0 aliphatic heterocycles. The van der Waals surface area contributed by atoms with Crippen molar-refractivity contribution in [1.29, 1.82) is 5.26 Å². The number of aromatic nitrogens is 4. The van der Waals surface area contributed by atoms with E-state index in [-0.39, 0.29) is 0 Å². The van der Waals surface area contributed by atoms with E-state index in [1.165, 1.54) is 0 Å². The molecule has 16 heavy (non-hydrogen) atoms. The van der Waals surface area contributed by atoms with E-state index < -0.39 is 0 Å². The molecule has 0 N–H and O–H groups in total. The molecule has 0 aromatic carbocycles. The molecule has 2 heterocycles. The summed E-state index contributed by atoms with van der Waals surface area (Å²) in [6, 6.07) is 3.58. The monoisotopic (exact) mass is 213 g/mol. The zero-order valence-electron chi connectivity index (χ0n) is 8.96. The smallest absolute Gasteiger partial charge is 0.236 e. The van der Waals surface area contributed by atoms with Gasteiger partial charge in [0, 0.05) is 25.0 Å². The average Bonchev–Trinajstić information content (AvgIpc) is 2.78. The molecule has 2 aromatic rings. The number of hydrogen-bond acceptors (Lipinski definition) is 4. The minimum atomic E-state index is 0.362. The van der Waals surface area contributed by atoms with Gasteiger partial charge < -0.3 is 0 Å². The van der Waals surface area contributed by atoms with Crippen LogP contribution in [-0.2, 0) is 6.42 Å². The van der Waals surface area contributed by atoms with Crippen LogP contribution in [0, 0.1) is 11.3 Å². The molecule has 0 spiro atoms. The van der Waals surface area contributed by atoms with E-state index in [1.54, 1.807) is 18.5 Å². The molecule has 0 saturated carbocycles. The largest absolute Gasteiger partial charge is 0.272 e. The highest BCUT2D eigenvalue weighted by Gasteiger charge is 2.06. The van der Waals surface area contributed by atoms with Crippen molar-refractivity contribution in [3.8, 4) is 12.0 Å². The highest BCUT2D eigenvalue weighted by molar-refractivity contribution is 5.24. The normalized spacial score (nSPS) is 10.0. The van der Waals surface area contributed by atoms with Crippen LogP contribution < -0.4 is 0 Å². The fraction of sp³-hybridized carbons (Fsp3) is 0.273. The Balaban J connectivity index is 2.42. The maximum atomic E-state index is 8.77. The molecule has 2 rings (SSSR count). The van der Waals surface area contributed by atoms with Crippen LogP contribution in [0.25, 0.3) is 5.95 Å². The summed E-state index contributed by atoms with van der Waals surface area (Å²) >= 11 is 0. The lowest BCUT2D eigenvalue weighted by molar-refractivity contribution is 0.781. The Morgan fingerprint density at radius 3 is 3.00 bits per heavy atom. The van der Waals surface area contributed by atoms with Crippen molar-refractivity contribution in [2.75, 3.05) is 0 Å². The minimum Gasteiger partial charge on any atom is -0.272 e. The zero-order chi connectivity index (χ0) is 11.4. The SMILES string of the molecule is CCCc1nccn1-c1nccc(C#N)n1. The number of hydrogen-bond donors (Lipinski definition) is 0. The lowest BCUT2D eigenvalue weighted by Gasteiger charge is -2.04. The summed E-state index contributed by atoms with van der Waals surface area (Å²) in [5.74, 6) is 1.41. The summed E-state index contributed by atoms with van der Waals surface area (Å²) in [7, 11) is 0. The first-order valence-electron chi connectivity index (χ1n) is 5.11. The molecule has 0 aliphatic rings. The van der Waals surface area contributed by atoms with Gasteiger partial charge in [0.05, 0.1) is 0 Å². The third kappa shape index (κ3) is 1.91. The summed E-state index contributed by atoms with van der Waals surface area (Å²) in [5.41, 5.74) is 0.362. The number of nitrogens with zero attached hydrogens (tertiary/aromatic N) is 5. The molecule has 0 atom stereocenters. The quantitative estimate of drug-likeness (QED) is 0.774. The predicted octanol–water partition coefficient (Wildman–Crippen LogP) is 1.49. The number of rotatable bonds is 3. The molecule has 5 heteroatoms. The first-order chi connectivity index (χ1) is 7.85. The second-order valence-electron chi connectivity index (χ2n) is 3.32. The van der Waals surface area contributed by atoms with Crippen molar-refractivity contribution < 1.29 is 0 Å². The van der Waals surface area contributed by atoms with Crippen molar-refractivity contribution in [1.82, 2.24) is 19.5 Å². The molecule has 0 bridgehead atoms. The molecular formula is C11H11N5. The number of nitriles is 1. The highest BCUT2D eigenvalue weighted by atomic mass is 15.2. The first-order valence-corrected chi connectivity index (χ1v) is 5.11. The lowest BCUT2D eigenvalue weighted by atomic mass is 10.3. The fourth-order valence-corrected chi connectivity index (χ4v) is 1.45. The van der Waals surface area contributed by atoms with Gasteiger partial charge in [0.25, 0.3) is 0 Å². The molecule has 0 fully saturated rings. The second kappa shape index (κ2) is 4.53. The molecule has 0 unspecified atom stereocenters. The summed E-state index contributed by atoms with van der Waals surface area (Å²) in [4.78, 5) is 12.5. The average molecular weight is 213 g/mol. The van der Waals surface area contributed by atoms with Gasteiger partial charge in [-0.25, -0.2) is 15.0 Å². The van der Waals surface area contributed by atoms with E-state index in [0.29, 0.717) is 11.6 Å². The first kappa shape index (κ1) is 10.3. The van der Waals surface area contributed by atoms with E-state index in [2.05, 4.69) is 21.9 Å². The number of imidazole rings is 1. The van der Waals surface area contributed by atoms with Crippen molar-refractivity contribution in [3.63, 3.8) is 0 Å². The minimum absolute atomic E-state index is 0.362. The molecule has 0 radical (unpaired) electrons. The van der Waals surface area contributed by atoms with Crippen LogP contribution in [0.4, 0.5) is 0 Å². The Kier molecular flexibility index (Phi) is 2.92. The Morgan fingerprint density at radius 1 is 1.38 bits per heavy atom.